The molecule has 2 aliphatic heterocycles. The molecular formula is C26H37N5OS. The van der Waals surface area contributed by atoms with Crippen molar-refractivity contribution in [2.24, 2.45) is 0 Å². The summed E-state index contributed by atoms with van der Waals surface area (Å²) < 4.78 is 8.01. The Bertz CT molecular complexity index is 949. The molecule has 2 saturated heterocycles. The van der Waals surface area contributed by atoms with E-state index in [1.165, 1.54) is 42.6 Å². The number of rotatable bonds is 7. The molecule has 0 spiro atoms. The van der Waals surface area contributed by atoms with Gasteiger partial charge >= 0.3 is 0 Å². The van der Waals surface area contributed by atoms with E-state index in [2.05, 4.69) is 51.7 Å². The monoisotopic (exact) mass is 467 g/mol. The highest BCUT2D eigenvalue weighted by atomic mass is 32.1. The Morgan fingerprint density at radius 3 is 2.64 bits per heavy atom. The van der Waals surface area contributed by atoms with Crippen molar-refractivity contribution < 1.29 is 4.74 Å². The highest BCUT2D eigenvalue weighted by Crippen LogP contribution is 2.44. The second kappa shape index (κ2) is 10.1. The second-order valence-corrected chi connectivity index (χ2v) is 10.1. The minimum atomic E-state index is 0.0848. The van der Waals surface area contributed by atoms with Crippen molar-refractivity contribution in [1.29, 1.82) is 0 Å². The number of thiocarbonyl (C=S) groups is 1. The Hall–Kier alpha value is -1.96. The number of nitrogens with zero attached hydrogens (tertiary/aromatic N) is 4. The Labute approximate surface area is 203 Å². The smallest absolute Gasteiger partial charge is 0.170 e. The van der Waals surface area contributed by atoms with Crippen molar-refractivity contribution in [3.63, 3.8) is 0 Å². The molecule has 0 aromatic carbocycles. The molecule has 0 radical (unpaired) electrons. The third-order valence-corrected chi connectivity index (χ3v) is 8.07. The lowest BCUT2D eigenvalue weighted by atomic mass is 9.95. The summed E-state index contributed by atoms with van der Waals surface area (Å²) in [4.78, 5) is 9.76. The summed E-state index contributed by atoms with van der Waals surface area (Å²) in [5.74, 6) is 0. The van der Waals surface area contributed by atoms with E-state index in [9.17, 15) is 0 Å². The van der Waals surface area contributed by atoms with Crippen molar-refractivity contribution in [2.45, 2.75) is 70.6 Å². The predicted molar refractivity (Wildman–Crippen MR) is 135 cm³/mol. The van der Waals surface area contributed by atoms with Crippen LogP contribution in [-0.4, -0.2) is 63.4 Å². The predicted octanol–water partition coefficient (Wildman–Crippen LogP) is 4.14. The van der Waals surface area contributed by atoms with Crippen LogP contribution in [0.15, 0.2) is 30.5 Å². The van der Waals surface area contributed by atoms with Crippen LogP contribution in [0.5, 0.6) is 0 Å². The van der Waals surface area contributed by atoms with E-state index >= 15 is 0 Å². The van der Waals surface area contributed by atoms with Gasteiger partial charge in [0, 0.05) is 49.8 Å². The molecule has 3 aliphatic rings. The quantitative estimate of drug-likeness (QED) is 0.618. The lowest BCUT2D eigenvalue weighted by Gasteiger charge is -2.33. The van der Waals surface area contributed by atoms with E-state index < -0.39 is 0 Å². The van der Waals surface area contributed by atoms with Crippen LogP contribution in [0.2, 0.25) is 0 Å². The first-order valence-corrected chi connectivity index (χ1v) is 13.0. The van der Waals surface area contributed by atoms with Gasteiger partial charge < -0.3 is 19.5 Å². The van der Waals surface area contributed by atoms with Crippen LogP contribution in [0, 0.1) is 13.8 Å². The van der Waals surface area contributed by atoms with Gasteiger partial charge in [-0.05, 0) is 69.1 Å². The van der Waals surface area contributed by atoms with Gasteiger partial charge in [-0.3, -0.25) is 9.88 Å². The van der Waals surface area contributed by atoms with Crippen molar-refractivity contribution >= 4 is 17.3 Å². The standard InChI is InChI=1S/C26H37N5OS/c1-19-18-22(20(2)30(19)13-7-12-29-14-16-32-17-15-29)25-24(23-10-5-6-11-27-23)28-26(33)31(25)21-8-3-4-9-21/h5-6,10-11,18,21,24-25H,3-4,7-9,12-17H2,1-2H3,(H,28,33)/t24-,25+/m1/s1. The van der Waals surface area contributed by atoms with Gasteiger partial charge in [0.25, 0.3) is 0 Å². The molecule has 7 heteroatoms. The number of pyridine rings is 1. The lowest BCUT2D eigenvalue weighted by Crippen LogP contribution is -2.37. The molecule has 1 N–H and O–H groups in total. The summed E-state index contributed by atoms with van der Waals surface area (Å²) in [6.45, 7) is 10.6. The van der Waals surface area contributed by atoms with Gasteiger partial charge in [-0.15, -0.1) is 0 Å². The minimum absolute atomic E-state index is 0.0848. The van der Waals surface area contributed by atoms with Gasteiger partial charge in [-0.2, -0.15) is 0 Å². The summed E-state index contributed by atoms with van der Waals surface area (Å²) in [6, 6.07) is 9.40. The summed E-state index contributed by atoms with van der Waals surface area (Å²) in [6.07, 6.45) is 8.10. The molecule has 1 saturated carbocycles. The van der Waals surface area contributed by atoms with Crippen molar-refractivity contribution in [3.05, 3.63) is 53.1 Å². The van der Waals surface area contributed by atoms with Crippen LogP contribution in [0.3, 0.4) is 0 Å². The van der Waals surface area contributed by atoms with Crippen LogP contribution in [0.25, 0.3) is 0 Å². The van der Waals surface area contributed by atoms with E-state index in [-0.39, 0.29) is 12.1 Å². The summed E-state index contributed by atoms with van der Waals surface area (Å²) in [7, 11) is 0. The maximum Gasteiger partial charge on any atom is 0.170 e. The molecule has 3 fully saturated rings. The van der Waals surface area contributed by atoms with Crippen molar-refractivity contribution in [1.82, 2.24) is 24.7 Å². The normalized spacial score (nSPS) is 24.5. The number of nitrogens with one attached hydrogen (secondary N) is 1. The number of aryl methyl sites for hydroxylation is 1. The van der Waals surface area contributed by atoms with E-state index in [4.69, 9.17) is 21.9 Å². The third-order valence-electron chi connectivity index (χ3n) is 7.74. The number of ether oxygens (including phenoxy) is 1. The van der Waals surface area contributed by atoms with Gasteiger partial charge in [0.05, 0.1) is 31.0 Å². The summed E-state index contributed by atoms with van der Waals surface area (Å²) in [5.41, 5.74) is 5.18. The van der Waals surface area contributed by atoms with E-state index in [0.717, 1.165) is 56.6 Å². The maximum absolute atomic E-state index is 5.92. The Morgan fingerprint density at radius 1 is 1.12 bits per heavy atom. The average molecular weight is 468 g/mol. The largest absolute Gasteiger partial charge is 0.379 e. The van der Waals surface area contributed by atoms with Gasteiger partial charge in [0.2, 0.25) is 0 Å². The van der Waals surface area contributed by atoms with Gasteiger partial charge in [-0.1, -0.05) is 18.9 Å². The molecule has 0 amide bonds. The zero-order chi connectivity index (χ0) is 22.8. The molecule has 2 atom stereocenters. The number of hydrogen-bond donors (Lipinski definition) is 1. The van der Waals surface area contributed by atoms with Crippen molar-refractivity contribution in [3.8, 4) is 0 Å². The van der Waals surface area contributed by atoms with E-state index in [0.29, 0.717) is 6.04 Å². The first-order valence-electron chi connectivity index (χ1n) is 12.6. The zero-order valence-corrected chi connectivity index (χ0v) is 20.8. The molecular weight excluding hydrogens is 430 g/mol. The fraction of sp³-hybridized carbons (Fsp3) is 0.615. The number of aromatic nitrogens is 2. The second-order valence-electron chi connectivity index (χ2n) is 9.76. The van der Waals surface area contributed by atoms with E-state index in [1.54, 1.807) is 0 Å². The fourth-order valence-corrected chi connectivity index (χ4v) is 6.41. The van der Waals surface area contributed by atoms with Crippen LogP contribution < -0.4 is 5.32 Å². The molecule has 178 valence electrons. The summed E-state index contributed by atoms with van der Waals surface area (Å²) in [5, 5.41) is 4.54. The molecule has 0 unspecified atom stereocenters. The highest BCUT2D eigenvalue weighted by molar-refractivity contribution is 7.80. The first kappa shape index (κ1) is 22.8. The van der Waals surface area contributed by atoms with Crippen LogP contribution >= 0.6 is 12.2 Å². The Kier molecular flexibility index (Phi) is 6.99. The van der Waals surface area contributed by atoms with Gasteiger partial charge in [0.15, 0.2) is 5.11 Å². The minimum Gasteiger partial charge on any atom is -0.379 e. The van der Waals surface area contributed by atoms with E-state index in [1.807, 2.05) is 12.3 Å². The van der Waals surface area contributed by atoms with Crippen molar-refractivity contribution in [2.75, 3.05) is 32.8 Å². The van der Waals surface area contributed by atoms with Crippen LogP contribution in [0.1, 0.15) is 66.8 Å². The molecule has 4 heterocycles. The van der Waals surface area contributed by atoms with Crippen LogP contribution in [-0.2, 0) is 11.3 Å². The Balaban J connectivity index is 1.41. The zero-order valence-electron chi connectivity index (χ0n) is 20.0. The molecule has 6 nitrogen and oxygen atoms in total. The molecule has 1 aliphatic carbocycles. The number of hydrogen-bond acceptors (Lipinski definition) is 4. The average Bonchev–Trinajstić information content (AvgIpc) is 3.54. The molecule has 33 heavy (non-hydrogen) atoms. The third kappa shape index (κ3) is 4.68. The number of morpholine rings is 1. The first-order chi connectivity index (χ1) is 16.1. The fourth-order valence-electron chi connectivity index (χ4n) is 6.02. The SMILES string of the molecule is Cc1cc([C@H]2[C@@H](c3ccccn3)NC(=S)N2C2CCCC2)c(C)n1CCCN1CCOCC1. The molecule has 0 bridgehead atoms. The molecule has 5 rings (SSSR count). The van der Waals surface area contributed by atoms with Crippen LogP contribution in [0.4, 0.5) is 0 Å². The lowest BCUT2D eigenvalue weighted by molar-refractivity contribution is 0.0369. The van der Waals surface area contributed by atoms with Gasteiger partial charge in [0.1, 0.15) is 0 Å². The molecule has 2 aromatic heterocycles. The maximum atomic E-state index is 5.92. The summed E-state index contributed by atoms with van der Waals surface area (Å²) >= 11 is 5.92. The molecule has 2 aromatic rings. The van der Waals surface area contributed by atoms with Gasteiger partial charge in [-0.25, -0.2) is 0 Å². The highest BCUT2D eigenvalue weighted by Gasteiger charge is 2.44. The topological polar surface area (TPSA) is 45.6 Å². The Morgan fingerprint density at radius 2 is 1.91 bits per heavy atom.